The largest absolute Gasteiger partial charge is 0.379 e. The molecule has 0 aliphatic carbocycles. The van der Waals surface area contributed by atoms with Gasteiger partial charge in [-0.05, 0) is 24.1 Å². The van der Waals surface area contributed by atoms with Crippen molar-refractivity contribution in [2.45, 2.75) is 39.2 Å². The second-order valence-corrected chi connectivity index (χ2v) is 5.74. The van der Waals surface area contributed by atoms with Crippen LogP contribution in [-0.4, -0.2) is 45.3 Å². The summed E-state index contributed by atoms with van der Waals surface area (Å²) in [5.74, 6) is -0.134. The predicted octanol–water partition coefficient (Wildman–Crippen LogP) is 2.28. The average Bonchev–Trinajstić information content (AvgIpc) is 2.64. The van der Waals surface area contributed by atoms with Crippen LogP contribution < -0.4 is 10.6 Å². The minimum Gasteiger partial charge on any atom is -0.379 e. The number of hydrogen-bond acceptors (Lipinski definition) is 4. The van der Waals surface area contributed by atoms with Gasteiger partial charge in [-0.1, -0.05) is 38.3 Å². The Hall–Kier alpha value is -1.92. The maximum Gasteiger partial charge on any atom is 0.251 e. The first-order chi connectivity index (χ1) is 12.3. The van der Waals surface area contributed by atoms with Crippen molar-refractivity contribution in [2.24, 2.45) is 0 Å². The molecule has 140 valence electrons. The van der Waals surface area contributed by atoms with E-state index in [1.54, 1.807) is 12.1 Å². The topological polar surface area (TPSA) is 76.7 Å². The van der Waals surface area contributed by atoms with Gasteiger partial charge in [-0.25, -0.2) is 0 Å². The van der Waals surface area contributed by atoms with Crippen molar-refractivity contribution >= 4 is 12.3 Å². The number of hydrogen-bond donors (Lipinski definition) is 2. The highest BCUT2D eigenvalue weighted by Gasteiger charge is 2.04. The highest BCUT2D eigenvalue weighted by Crippen LogP contribution is 2.04. The molecule has 25 heavy (non-hydrogen) atoms. The Labute approximate surface area is 150 Å². The lowest BCUT2D eigenvalue weighted by molar-refractivity contribution is -0.109. The zero-order chi connectivity index (χ0) is 18.2. The number of ether oxygens (including phenoxy) is 2. The van der Waals surface area contributed by atoms with Crippen molar-refractivity contribution in [1.82, 2.24) is 10.6 Å². The molecule has 6 nitrogen and oxygen atoms in total. The fraction of sp³-hybridized carbons (Fsp3) is 0.579. The number of carbonyl (C=O) groups is 2. The molecule has 0 aliphatic rings. The van der Waals surface area contributed by atoms with E-state index in [0.29, 0.717) is 44.9 Å². The first-order valence-electron chi connectivity index (χ1n) is 8.97. The van der Waals surface area contributed by atoms with Crippen molar-refractivity contribution in [2.75, 3.05) is 33.0 Å². The summed E-state index contributed by atoms with van der Waals surface area (Å²) in [6.45, 7) is 5.50. The van der Waals surface area contributed by atoms with Crippen LogP contribution in [0.15, 0.2) is 24.3 Å². The van der Waals surface area contributed by atoms with Gasteiger partial charge in [-0.2, -0.15) is 0 Å². The van der Waals surface area contributed by atoms with Gasteiger partial charge in [0.05, 0.1) is 19.8 Å². The zero-order valence-corrected chi connectivity index (χ0v) is 15.1. The van der Waals surface area contributed by atoms with Crippen molar-refractivity contribution in [3.05, 3.63) is 35.4 Å². The molecule has 0 radical (unpaired) electrons. The molecule has 0 saturated heterocycles. The Bertz CT molecular complexity index is 477. The van der Waals surface area contributed by atoms with Gasteiger partial charge >= 0.3 is 0 Å². The molecular formula is C19H30N2O4. The number of rotatable bonds is 15. The number of nitrogens with one attached hydrogen (secondary N) is 2. The van der Waals surface area contributed by atoms with Gasteiger partial charge in [0.25, 0.3) is 5.91 Å². The van der Waals surface area contributed by atoms with Crippen LogP contribution in [-0.2, 0) is 20.8 Å². The molecule has 0 aromatic heterocycles. The second-order valence-electron chi connectivity index (χ2n) is 5.74. The number of carbonyl (C=O) groups excluding carboxylic acids is 2. The fourth-order valence-corrected chi connectivity index (χ4v) is 2.23. The Kier molecular flexibility index (Phi) is 12.2. The lowest BCUT2D eigenvalue weighted by atomic mass is 10.1. The van der Waals surface area contributed by atoms with Crippen LogP contribution in [0.25, 0.3) is 0 Å². The minimum atomic E-state index is -0.134. The Morgan fingerprint density at radius 2 is 1.72 bits per heavy atom. The third kappa shape index (κ3) is 10.5. The van der Waals surface area contributed by atoms with E-state index < -0.39 is 0 Å². The predicted molar refractivity (Wildman–Crippen MR) is 97.5 cm³/mol. The molecule has 6 heteroatoms. The molecule has 1 rings (SSSR count). The molecule has 0 unspecified atom stereocenters. The first-order valence-corrected chi connectivity index (χ1v) is 8.97. The van der Waals surface area contributed by atoms with Crippen LogP contribution in [0, 0.1) is 0 Å². The van der Waals surface area contributed by atoms with Gasteiger partial charge in [-0.3, -0.25) is 9.59 Å². The van der Waals surface area contributed by atoms with Gasteiger partial charge < -0.3 is 20.1 Å². The molecular weight excluding hydrogens is 320 g/mol. The molecule has 0 atom stereocenters. The summed E-state index contributed by atoms with van der Waals surface area (Å²) in [5.41, 5.74) is 1.53. The molecule has 0 aliphatic heterocycles. The minimum absolute atomic E-state index is 0.134. The summed E-state index contributed by atoms with van der Waals surface area (Å²) in [5, 5.41) is 5.39. The molecule has 1 aromatic rings. The van der Waals surface area contributed by atoms with Crippen LogP contribution in [0.1, 0.15) is 48.5 Å². The summed E-state index contributed by atoms with van der Waals surface area (Å²) in [6.07, 6.45) is 5.47. The average molecular weight is 350 g/mol. The number of benzene rings is 1. The quantitative estimate of drug-likeness (QED) is 0.376. The smallest absolute Gasteiger partial charge is 0.251 e. The highest BCUT2D eigenvalue weighted by atomic mass is 16.5. The Morgan fingerprint density at radius 1 is 1.00 bits per heavy atom. The summed E-state index contributed by atoms with van der Waals surface area (Å²) < 4.78 is 10.9. The van der Waals surface area contributed by atoms with Crippen LogP contribution >= 0.6 is 0 Å². The van der Waals surface area contributed by atoms with Gasteiger partial charge in [0.15, 0.2) is 0 Å². The molecule has 2 N–H and O–H groups in total. The molecule has 2 amide bonds. The van der Waals surface area contributed by atoms with E-state index in [-0.39, 0.29) is 5.91 Å². The first kappa shape index (κ1) is 21.1. The maximum atomic E-state index is 12.0. The van der Waals surface area contributed by atoms with E-state index >= 15 is 0 Å². The standard InChI is InChI=1S/C19H30N2O4/c1-2-3-4-5-11-24-13-14-25-12-10-21-19(23)18-8-6-17(7-9-18)15-20-16-22/h6-9,16H,2-5,10-15H2,1H3,(H,20,22)(H,21,23). The van der Waals surface area contributed by atoms with Gasteiger partial charge in [0, 0.05) is 25.3 Å². The number of unbranched alkanes of at least 4 members (excludes halogenated alkanes) is 3. The summed E-state index contributed by atoms with van der Waals surface area (Å²) in [6, 6.07) is 7.12. The van der Waals surface area contributed by atoms with Gasteiger partial charge in [-0.15, -0.1) is 0 Å². The maximum absolute atomic E-state index is 12.0. The Morgan fingerprint density at radius 3 is 2.40 bits per heavy atom. The summed E-state index contributed by atoms with van der Waals surface area (Å²) in [7, 11) is 0. The van der Waals surface area contributed by atoms with E-state index in [2.05, 4.69) is 17.6 Å². The van der Waals surface area contributed by atoms with Crippen LogP contribution in [0.3, 0.4) is 0 Å². The van der Waals surface area contributed by atoms with Gasteiger partial charge in [0.1, 0.15) is 0 Å². The fourth-order valence-electron chi connectivity index (χ4n) is 2.23. The number of amides is 2. The van der Waals surface area contributed by atoms with E-state index in [0.717, 1.165) is 18.6 Å². The molecule has 0 heterocycles. The molecule has 1 aromatic carbocycles. The molecule has 0 spiro atoms. The third-order valence-electron chi connectivity index (χ3n) is 3.65. The second kappa shape index (κ2) is 14.4. The SMILES string of the molecule is CCCCCCOCCOCCNC(=O)c1ccc(CNC=O)cc1. The van der Waals surface area contributed by atoms with Crippen molar-refractivity contribution in [3.63, 3.8) is 0 Å². The normalized spacial score (nSPS) is 10.4. The van der Waals surface area contributed by atoms with Crippen molar-refractivity contribution in [3.8, 4) is 0 Å². The highest BCUT2D eigenvalue weighted by molar-refractivity contribution is 5.94. The van der Waals surface area contributed by atoms with E-state index in [1.165, 1.54) is 19.3 Å². The molecule has 0 fully saturated rings. The van der Waals surface area contributed by atoms with Crippen LogP contribution in [0.5, 0.6) is 0 Å². The summed E-state index contributed by atoms with van der Waals surface area (Å²) in [4.78, 5) is 22.2. The monoisotopic (exact) mass is 350 g/mol. The third-order valence-corrected chi connectivity index (χ3v) is 3.65. The summed E-state index contributed by atoms with van der Waals surface area (Å²) >= 11 is 0. The lowest BCUT2D eigenvalue weighted by Gasteiger charge is -2.08. The van der Waals surface area contributed by atoms with Crippen LogP contribution in [0.2, 0.25) is 0 Å². The van der Waals surface area contributed by atoms with Gasteiger partial charge in [0.2, 0.25) is 6.41 Å². The van der Waals surface area contributed by atoms with E-state index in [1.807, 2.05) is 12.1 Å². The molecule has 0 saturated carbocycles. The van der Waals surface area contributed by atoms with E-state index in [4.69, 9.17) is 9.47 Å². The molecule has 0 bridgehead atoms. The van der Waals surface area contributed by atoms with Crippen LogP contribution in [0.4, 0.5) is 0 Å². The van der Waals surface area contributed by atoms with Crippen molar-refractivity contribution in [1.29, 1.82) is 0 Å². The zero-order valence-electron chi connectivity index (χ0n) is 15.1. The van der Waals surface area contributed by atoms with Crippen molar-refractivity contribution < 1.29 is 19.1 Å². The Balaban J connectivity index is 2.02. The van der Waals surface area contributed by atoms with E-state index in [9.17, 15) is 9.59 Å². The lowest BCUT2D eigenvalue weighted by Crippen LogP contribution is -2.27.